The van der Waals surface area contributed by atoms with Gasteiger partial charge in [-0.05, 0) is 26.2 Å². The number of nitrogens with two attached hydrogens (primary N) is 1. The largest absolute Gasteiger partial charge is 0.374 e. The van der Waals surface area contributed by atoms with Gasteiger partial charge in [-0.25, -0.2) is 0 Å². The Hall–Kier alpha value is -0.680. The summed E-state index contributed by atoms with van der Waals surface area (Å²) in [5.74, 6) is 0. The van der Waals surface area contributed by atoms with Crippen molar-refractivity contribution in [2.75, 3.05) is 5.73 Å². The summed E-state index contributed by atoms with van der Waals surface area (Å²) in [5.41, 5.74) is 5.58. The number of hydrogen-bond acceptors (Lipinski definition) is 5. The van der Waals surface area contributed by atoms with E-state index in [9.17, 15) is 0 Å². The minimum absolute atomic E-state index is 0.574. The molecule has 4 nitrogen and oxygen atoms in total. The maximum Gasteiger partial charge on any atom is 0.203 e. The quantitative estimate of drug-likeness (QED) is 0.855. The van der Waals surface area contributed by atoms with Gasteiger partial charge in [0.1, 0.15) is 5.01 Å². The van der Waals surface area contributed by atoms with Crippen molar-refractivity contribution in [2.45, 2.75) is 51.7 Å². The molecule has 1 aliphatic rings. The number of nitrogens with zero attached hydrogens (tertiary/aromatic N) is 3. The average molecular weight is 226 g/mol. The van der Waals surface area contributed by atoms with Crippen molar-refractivity contribution in [3.63, 3.8) is 0 Å². The number of nitrogen functional groups attached to an aromatic ring is 1. The standard InChI is InChI=1S/C10H18N4S/c1-3-8-5-4-7(2)14(8)6-9-12-13-10(11)15-9/h7-8H,3-6H2,1-2H3,(H2,11,13). The third kappa shape index (κ3) is 2.29. The molecule has 1 fully saturated rings. The SMILES string of the molecule is CCC1CCC(C)N1Cc1nnc(N)s1. The Morgan fingerprint density at radius 3 is 2.87 bits per heavy atom. The summed E-state index contributed by atoms with van der Waals surface area (Å²) in [4.78, 5) is 2.53. The van der Waals surface area contributed by atoms with Crippen LogP contribution in [-0.2, 0) is 6.54 Å². The van der Waals surface area contributed by atoms with Crippen LogP contribution >= 0.6 is 11.3 Å². The molecule has 0 saturated carbocycles. The van der Waals surface area contributed by atoms with Crippen molar-refractivity contribution < 1.29 is 0 Å². The predicted octanol–water partition coefficient (Wildman–Crippen LogP) is 1.88. The highest BCUT2D eigenvalue weighted by Crippen LogP contribution is 2.28. The Morgan fingerprint density at radius 1 is 1.47 bits per heavy atom. The van der Waals surface area contributed by atoms with Crippen LogP contribution in [0, 0.1) is 0 Å². The number of likely N-dealkylation sites (tertiary alicyclic amines) is 1. The smallest absolute Gasteiger partial charge is 0.203 e. The molecule has 2 atom stereocenters. The monoisotopic (exact) mass is 226 g/mol. The van der Waals surface area contributed by atoms with Crippen molar-refractivity contribution in [3.05, 3.63) is 5.01 Å². The minimum Gasteiger partial charge on any atom is -0.374 e. The van der Waals surface area contributed by atoms with E-state index in [1.54, 1.807) is 0 Å². The molecule has 1 aromatic rings. The fraction of sp³-hybridized carbons (Fsp3) is 0.800. The molecule has 0 spiro atoms. The summed E-state index contributed by atoms with van der Waals surface area (Å²) in [7, 11) is 0. The van der Waals surface area contributed by atoms with Crippen LogP contribution in [0.5, 0.6) is 0 Å². The molecule has 5 heteroatoms. The van der Waals surface area contributed by atoms with E-state index in [1.165, 1.54) is 30.6 Å². The zero-order valence-electron chi connectivity index (χ0n) is 9.31. The molecular weight excluding hydrogens is 208 g/mol. The molecule has 15 heavy (non-hydrogen) atoms. The summed E-state index contributed by atoms with van der Waals surface area (Å²) >= 11 is 1.50. The van der Waals surface area contributed by atoms with Crippen LogP contribution in [0.2, 0.25) is 0 Å². The van der Waals surface area contributed by atoms with E-state index in [0.29, 0.717) is 17.2 Å². The van der Waals surface area contributed by atoms with E-state index in [0.717, 1.165) is 11.6 Å². The Bertz CT molecular complexity index is 325. The third-order valence-corrected chi connectivity index (χ3v) is 3.96. The summed E-state index contributed by atoms with van der Waals surface area (Å²) < 4.78 is 0. The summed E-state index contributed by atoms with van der Waals surface area (Å²) in [6.07, 6.45) is 3.83. The first-order valence-corrected chi connectivity index (χ1v) is 6.36. The molecule has 0 amide bonds. The molecule has 84 valence electrons. The first kappa shape index (κ1) is 10.8. The summed E-state index contributed by atoms with van der Waals surface area (Å²) in [6.45, 7) is 5.46. The normalized spacial score (nSPS) is 27.3. The Labute approximate surface area is 94.5 Å². The first-order chi connectivity index (χ1) is 7.20. The Kier molecular flexibility index (Phi) is 3.21. The minimum atomic E-state index is 0.574. The summed E-state index contributed by atoms with van der Waals surface area (Å²) in [5, 5.41) is 9.55. The molecule has 2 unspecified atom stereocenters. The van der Waals surface area contributed by atoms with E-state index >= 15 is 0 Å². The zero-order valence-corrected chi connectivity index (χ0v) is 10.1. The van der Waals surface area contributed by atoms with Crippen molar-refractivity contribution in [1.82, 2.24) is 15.1 Å². The van der Waals surface area contributed by atoms with Crippen molar-refractivity contribution in [3.8, 4) is 0 Å². The zero-order chi connectivity index (χ0) is 10.8. The van der Waals surface area contributed by atoms with Crippen molar-refractivity contribution in [2.24, 2.45) is 0 Å². The number of aromatic nitrogens is 2. The molecule has 1 saturated heterocycles. The third-order valence-electron chi connectivity index (χ3n) is 3.22. The molecule has 1 aliphatic heterocycles. The second-order valence-electron chi connectivity index (χ2n) is 4.19. The topological polar surface area (TPSA) is 55.0 Å². The van der Waals surface area contributed by atoms with E-state index < -0.39 is 0 Å². The van der Waals surface area contributed by atoms with Crippen LogP contribution in [0.1, 0.15) is 38.1 Å². The summed E-state index contributed by atoms with van der Waals surface area (Å²) in [6, 6.07) is 1.38. The fourth-order valence-electron chi connectivity index (χ4n) is 2.34. The highest BCUT2D eigenvalue weighted by atomic mass is 32.1. The predicted molar refractivity (Wildman–Crippen MR) is 62.6 cm³/mol. The van der Waals surface area contributed by atoms with E-state index in [2.05, 4.69) is 28.9 Å². The van der Waals surface area contributed by atoms with Gasteiger partial charge < -0.3 is 5.73 Å². The van der Waals surface area contributed by atoms with Gasteiger partial charge in [-0.1, -0.05) is 18.3 Å². The highest BCUT2D eigenvalue weighted by molar-refractivity contribution is 7.15. The average Bonchev–Trinajstić information content (AvgIpc) is 2.76. The molecule has 1 aromatic heterocycles. The van der Waals surface area contributed by atoms with Gasteiger partial charge in [0.15, 0.2) is 0 Å². The lowest BCUT2D eigenvalue weighted by atomic mass is 10.2. The second kappa shape index (κ2) is 4.45. The lowest BCUT2D eigenvalue weighted by molar-refractivity contribution is 0.189. The van der Waals surface area contributed by atoms with Crippen molar-refractivity contribution in [1.29, 1.82) is 0 Å². The Balaban J connectivity index is 2.03. The number of hydrogen-bond donors (Lipinski definition) is 1. The number of anilines is 1. The van der Waals surface area contributed by atoms with E-state index in [-0.39, 0.29) is 0 Å². The lowest BCUT2D eigenvalue weighted by Crippen LogP contribution is -2.33. The molecule has 0 aromatic carbocycles. The van der Waals surface area contributed by atoms with Crippen molar-refractivity contribution >= 4 is 16.5 Å². The van der Waals surface area contributed by atoms with Gasteiger partial charge in [0, 0.05) is 12.1 Å². The van der Waals surface area contributed by atoms with Gasteiger partial charge in [-0.3, -0.25) is 4.90 Å². The molecule has 0 aliphatic carbocycles. The van der Waals surface area contributed by atoms with Gasteiger partial charge in [-0.2, -0.15) is 0 Å². The van der Waals surface area contributed by atoms with Crippen LogP contribution in [0.4, 0.5) is 5.13 Å². The Morgan fingerprint density at radius 2 is 2.27 bits per heavy atom. The second-order valence-corrected chi connectivity index (χ2v) is 5.29. The van der Waals surface area contributed by atoms with Crippen LogP contribution in [-0.4, -0.2) is 27.2 Å². The first-order valence-electron chi connectivity index (χ1n) is 5.54. The highest BCUT2D eigenvalue weighted by Gasteiger charge is 2.29. The molecule has 0 radical (unpaired) electrons. The molecule has 2 N–H and O–H groups in total. The van der Waals surface area contributed by atoms with Crippen LogP contribution in [0.3, 0.4) is 0 Å². The van der Waals surface area contributed by atoms with Gasteiger partial charge in [0.05, 0.1) is 6.54 Å². The van der Waals surface area contributed by atoms with Gasteiger partial charge in [-0.15, -0.1) is 10.2 Å². The molecule has 2 rings (SSSR count). The van der Waals surface area contributed by atoms with Gasteiger partial charge >= 0.3 is 0 Å². The van der Waals surface area contributed by atoms with Crippen LogP contribution in [0.15, 0.2) is 0 Å². The molecule has 2 heterocycles. The maximum absolute atomic E-state index is 5.58. The lowest BCUT2D eigenvalue weighted by Gasteiger charge is -2.26. The van der Waals surface area contributed by atoms with E-state index in [1.807, 2.05) is 0 Å². The molecular formula is C10H18N4S. The van der Waals surface area contributed by atoms with E-state index in [4.69, 9.17) is 5.73 Å². The molecule has 0 bridgehead atoms. The van der Waals surface area contributed by atoms with Crippen LogP contribution < -0.4 is 5.73 Å². The van der Waals surface area contributed by atoms with Gasteiger partial charge in [0.25, 0.3) is 0 Å². The fourth-order valence-corrected chi connectivity index (χ4v) is 2.95. The number of rotatable bonds is 3. The maximum atomic E-state index is 5.58. The van der Waals surface area contributed by atoms with Crippen LogP contribution in [0.25, 0.3) is 0 Å². The van der Waals surface area contributed by atoms with Gasteiger partial charge in [0.2, 0.25) is 5.13 Å².